The summed E-state index contributed by atoms with van der Waals surface area (Å²) < 4.78 is 2.13. The minimum Gasteiger partial charge on any atom is -0.354 e. The lowest BCUT2D eigenvalue weighted by Gasteiger charge is -2.47. The summed E-state index contributed by atoms with van der Waals surface area (Å²) in [6.07, 6.45) is 4.51. The minimum atomic E-state index is -0.0486. The van der Waals surface area contributed by atoms with Crippen LogP contribution in [-0.2, 0) is 48.2 Å². The Morgan fingerprint density at radius 2 is 0.949 bits per heavy atom. The third-order valence-electron chi connectivity index (χ3n) is 17.8. The van der Waals surface area contributed by atoms with Crippen LogP contribution in [0.3, 0.4) is 0 Å². The van der Waals surface area contributed by atoms with Crippen LogP contribution in [0.2, 0.25) is 0 Å². The first-order valence-corrected chi connectivity index (χ1v) is 28.0. The Bertz CT molecular complexity index is 3410. The lowest BCUT2D eigenvalue weighted by molar-refractivity contribution is -0.138. The van der Waals surface area contributed by atoms with Crippen LogP contribution in [0.25, 0.3) is 55.1 Å². The maximum absolute atomic E-state index is 14.7. The highest BCUT2D eigenvalue weighted by molar-refractivity contribution is 6.01. The number of amides is 6. The molecule has 17 nitrogen and oxygen atoms in total. The molecule has 6 amide bonds. The number of hydrogen-bond donors (Lipinski definition) is 1. The Balaban J connectivity index is 0.815. The number of carbonyl (C=O) groups is 6. The van der Waals surface area contributed by atoms with Crippen molar-refractivity contribution in [2.24, 2.45) is 0 Å². The van der Waals surface area contributed by atoms with E-state index in [1.54, 1.807) is 14.7 Å². The Kier molecular flexibility index (Phi) is 14.3. The number of aromatic nitrogens is 2. The fourth-order valence-corrected chi connectivity index (χ4v) is 12.9. The van der Waals surface area contributed by atoms with Crippen LogP contribution in [0.15, 0.2) is 123 Å². The topological polar surface area (TPSA) is 152 Å². The molecule has 0 bridgehead atoms. The minimum absolute atomic E-state index is 0.0373. The molecule has 4 aromatic carbocycles. The summed E-state index contributed by atoms with van der Waals surface area (Å²) in [5, 5.41) is 3.96. The van der Waals surface area contributed by atoms with E-state index in [1.807, 2.05) is 39.0 Å². The van der Waals surface area contributed by atoms with E-state index in [2.05, 4.69) is 105 Å². The van der Waals surface area contributed by atoms with Gasteiger partial charge in [-0.25, -0.2) is 0 Å². The number of rotatable bonds is 14. The standard InChI is InChI=1S/C62H69N11O6/c1-4-56(74)70-35-47(36-70)64-18-24-67(25-19-64)59(77)33-43-12-9-11-42-14-15-46(31-50(42)43)62-52(34-60(78)68-26-20-65(21-27-68)48-37-71(38-48)57(75)5-2)51-30-45(16-17-53(51)63-62)55-32-44-10-7-8-13-54(44)73(55)41-61(79)69-28-22-66(23-29-69)49-39-72(40-49)58(76)6-3/h4-17,30-32,47-49,63H,1-3,18-29,33-41H2. The Morgan fingerprint density at radius 1 is 0.468 bits per heavy atom. The first kappa shape index (κ1) is 51.9. The highest BCUT2D eigenvalue weighted by atomic mass is 16.2. The lowest BCUT2D eigenvalue weighted by Crippen LogP contribution is -2.64. The molecule has 0 atom stereocenters. The summed E-state index contributed by atoms with van der Waals surface area (Å²) in [5.74, 6) is 0.0473. The zero-order chi connectivity index (χ0) is 54.5. The van der Waals surface area contributed by atoms with E-state index in [4.69, 9.17) is 0 Å². The normalized spacial score (nSPS) is 19.1. The van der Waals surface area contributed by atoms with Gasteiger partial charge in [-0.3, -0.25) is 43.5 Å². The second kappa shape index (κ2) is 21.8. The quantitative estimate of drug-likeness (QED) is 0.158. The summed E-state index contributed by atoms with van der Waals surface area (Å²) in [4.78, 5) is 102. The number of hydrogen-bond acceptors (Lipinski definition) is 9. The van der Waals surface area contributed by atoms with Crippen molar-refractivity contribution in [3.05, 3.63) is 134 Å². The molecule has 6 saturated heterocycles. The predicted molar refractivity (Wildman–Crippen MR) is 306 cm³/mol. The molecule has 0 radical (unpaired) electrons. The van der Waals surface area contributed by atoms with Crippen molar-refractivity contribution >= 4 is 68.0 Å². The molecule has 12 rings (SSSR count). The summed E-state index contributed by atoms with van der Waals surface area (Å²) in [6.45, 7) is 23.3. The molecule has 0 aliphatic carbocycles. The number of aromatic amines is 1. The number of H-pyrrole nitrogens is 1. The molecule has 8 heterocycles. The molecular formula is C62H69N11O6. The van der Waals surface area contributed by atoms with Crippen LogP contribution in [0, 0.1) is 0 Å². The zero-order valence-electron chi connectivity index (χ0n) is 44.9. The number of nitrogens with zero attached hydrogens (tertiary/aromatic N) is 10. The SMILES string of the molecule is C=CC(=O)N1CC(N2CCN(C(=O)Cc3cccc4ccc(-c5[nH]c6ccc(-c7cc8ccccc8n7CC(=O)N7CCN(C8CN(C(=O)C=C)C8)CC7)cc6c5CC(=O)N5CCN(C6CN(C(=O)C=C)C6)CC5)cc34)CC2)C1. The summed E-state index contributed by atoms with van der Waals surface area (Å²) in [5.41, 5.74) is 7.29. The number of para-hydroxylation sites is 1. The molecule has 6 fully saturated rings. The van der Waals surface area contributed by atoms with Crippen molar-refractivity contribution in [3.8, 4) is 22.5 Å². The average Bonchev–Trinajstić information content (AvgIpc) is 4.12. The number of fused-ring (bicyclic) bond motifs is 3. The molecule has 6 aliphatic heterocycles. The number of piperazine rings is 3. The number of benzene rings is 4. The first-order valence-electron chi connectivity index (χ1n) is 28.0. The number of likely N-dealkylation sites (tertiary alicyclic amines) is 3. The Morgan fingerprint density at radius 3 is 1.49 bits per heavy atom. The van der Waals surface area contributed by atoms with Crippen molar-refractivity contribution in [3.63, 3.8) is 0 Å². The van der Waals surface area contributed by atoms with Gasteiger partial charge in [0, 0.05) is 163 Å². The van der Waals surface area contributed by atoms with Crippen LogP contribution in [-0.4, -0.2) is 225 Å². The zero-order valence-corrected chi connectivity index (χ0v) is 44.9. The molecule has 79 heavy (non-hydrogen) atoms. The third kappa shape index (κ3) is 10.1. The van der Waals surface area contributed by atoms with E-state index in [9.17, 15) is 28.8 Å². The highest BCUT2D eigenvalue weighted by Crippen LogP contribution is 2.38. The van der Waals surface area contributed by atoms with Crippen molar-refractivity contribution in [1.82, 2.24) is 53.7 Å². The molecule has 408 valence electrons. The van der Waals surface area contributed by atoms with Crippen LogP contribution in [0.5, 0.6) is 0 Å². The van der Waals surface area contributed by atoms with Crippen molar-refractivity contribution < 1.29 is 28.8 Å². The van der Waals surface area contributed by atoms with E-state index in [0.29, 0.717) is 90.6 Å². The summed E-state index contributed by atoms with van der Waals surface area (Å²) >= 11 is 0. The summed E-state index contributed by atoms with van der Waals surface area (Å²) in [7, 11) is 0. The molecule has 1 N–H and O–H groups in total. The lowest BCUT2D eigenvalue weighted by atomic mass is 9.95. The number of nitrogens with one attached hydrogen (secondary N) is 1. The van der Waals surface area contributed by atoms with Crippen molar-refractivity contribution in [1.29, 1.82) is 0 Å². The molecule has 6 aromatic rings. The molecule has 0 saturated carbocycles. The molecule has 0 spiro atoms. The van der Waals surface area contributed by atoms with Gasteiger partial charge in [0.2, 0.25) is 35.4 Å². The fourth-order valence-electron chi connectivity index (χ4n) is 12.9. The fraction of sp³-hybridized carbons (Fsp3) is 0.387. The van der Waals surface area contributed by atoms with E-state index < -0.39 is 0 Å². The van der Waals surface area contributed by atoms with Gasteiger partial charge in [-0.15, -0.1) is 0 Å². The van der Waals surface area contributed by atoms with E-state index in [-0.39, 0.29) is 60.9 Å². The van der Waals surface area contributed by atoms with Gasteiger partial charge in [0.25, 0.3) is 0 Å². The van der Waals surface area contributed by atoms with Gasteiger partial charge in [-0.05, 0) is 81.6 Å². The second-order valence-corrected chi connectivity index (χ2v) is 22.2. The van der Waals surface area contributed by atoms with Gasteiger partial charge in [-0.2, -0.15) is 0 Å². The van der Waals surface area contributed by atoms with Gasteiger partial charge >= 0.3 is 0 Å². The van der Waals surface area contributed by atoms with E-state index >= 15 is 0 Å². The highest BCUT2D eigenvalue weighted by Gasteiger charge is 2.39. The largest absolute Gasteiger partial charge is 0.354 e. The second-order valence-electron chi connectivity index (χ2n) is 22.2. The van der Waals surface area contributed by atoms with Gasteiger partial charge in [0.1, 0.15) is 6.54 Å². The van der Waals surface area contributed by atoms with Crippen molar-refractivity contribution in [2.45, 2.75) is 37.5 Å². The van der Waals surface area contributed by atoms with Gasteiger partial charge in [0.15, 0.2) is 0 Å². The van der Waals surface area contributed by atoms with Gasteiger partial charge < -0.3 is 39.0 Å². The molecule has 6 aliphatic rings. The van der Waals surface area contributed by atoms with Crippen LogP contribution < -0.4 is 0 Å². The third-order valence-corrected chi connectivity index (χ3v) is 17.8. The van der Waals surface area contributed by atoms with Crippen molar-refractivity contribution in [2.75, 3.05) is 118 Å². The number of carbonyl (C=O) groups excluding carboxylic acids is 6. The molecule has 2 aromatic heterocycles. The monoisotopic (exact) mass is 1060 g/mol. The van der Waals surface area contributed by atoms with E-state index in [1.165, 1.54) is 18.2 Å². The molecular weight excluding hydrogens is 995 g/mol. The van der Waals surface area contributed by atoms with Crippen LogP contribution >= 0.6 is 0 Å². The van der Waals surface area contributed by atoms with Crippen LogP contribution in [0.1, 0.15) is 11.1 Å². The average molecular weight is 1060 g/mol. The summed E-state index contributed by atoms with van der Waals surface area (Å²) in [6, 6.07) is 30.0. The maximum atomic E-state index is 14.7. The molecule has 17 heteroatoms. The first-order chi connectivity index (χ1) is 38.4. The Labute approximate surface area is 460 Å². The molecule has 0 unspecified atom stereocenters. The van der Waals surface area contributed by atoms with Crippen LogP contribution in [0.4, 0.5) is 0 Å². The smallest absolute Gasteiger partial charge is 0.246 e. The van der Waals surface area contributed by atoms with E-state index in [0.717, 1.165) is 105 Å². The predicted octanol–water partition coefficient (Wildman–Crippen LogP) is 4.32. The Hall–Kier alpha value is -7.86. The van der Waals surface area contributed by atoms with Gasteiger partial charge in [0.05, 0.1) is 18.5 Å². The maximum Gasteiger partial charge on any atom is 0.246 e. The van der Waals surface area contributed by atoms with Gasteiger partial charge in [-0.1, -0.05) is 74.3 Å².